The number of aryl methyl sites for hydroxylation is 2. The summed E-state index contributed by atoms with van der Waals surface area (Å²) in [5.41, 5.74) is 4.00. The summed E-state index contributed by atoms with van der Waals surface area (Å²) in [7, 11) is 0. The second kappa shape index (κ2) is 10.8. The maximum Gasteiger partial charge on any atom is 0.272 e. The van der Waals surface area contributed by atoms with Gasteiger partial charge < -0.3 is 10.2 Å². The predicted octanol–water partition coefficient (Wildman–Crippen LogP) is 6.01. The third-order valence-corrected chi connectivity index (χ3v) is 7.97. The van der Waals surface area contributed by atoms with Gasteiger partial charge in [-0.2, -0.15) is 0 Å². The number of hydrogen-bond donors (Lipinski definition) is 1. The van der Waals surface area contributed by atoms with Crippen molar-refractivity contribution in [3.63, 3.8) is 0 Å². The zero-order valence-electron chi connectivity index (χ0n) is 23.1. The summed E-state index contributed by atoms with van der Waals surface area (Å²) in [6, 6.07) is 6.75. The molecule has 1 N–H and O–H groups in total. The molecule has 204 valence electrons. The number of benzene rings is 1. The number of carbonyl (C=O) groups excluding carboxylic acids is 2. The van der Waals surface area contributed by atoms with Crippen LogP contribution in [-0.2, 0) is 15.5 Å². The lowest BCUT2D eigenvalue weighted by Gasteiger charge is -2.45. The molecule has 0 bridgehead atoms. The summed E-state index contributed by atoms with van der Waals surface area (Å²) in [6.45, 7) is 15.9. The molecule has 4 rings (SSSR count). The van der Waals surface area contributed by atoms with E-state index in [1.165, 1.54) is 12.1 Å². The van der Waals surface area contributed by atoms with Crippen LogP contribution in [0.2, 0.25) is 0 Å². The molecule has 2 aliphatic rings. The lowest BCUT2D eigenvalue weighted by molar-refractivity contribution is -0.138. The third kappa shape index (κ3) is 5.95. The zero-order chi connectivity index (χ0) is 28.5. The van der Waals surface area contributed by atoms with Crippen LogP contribution in [0.25, 0.3) is 5.70 Å². The van der Waals surface area contributed by atoms with Crippen molar-refractivity contribution in [3.05, 3.63) is 83.0 Å². The molecule has 1 saturated heterocycles. The number of carbonyl (C=O) groups is 2. The monoisotopic (exact) mass is 531 g/mol. The number of Topliss-reactive ketones (excluding diaryl/α,β-unsaturated/α-hetero) is 2. The highest BCUT2D eigenvalue weighted by Crippen LogP contribution is 2.47. The van der Waals surface area contributed by atoms with Crippen molar-refractivity contribution >= 4 is 17.3 Å². The third-order valence-electron chi connectivity index (χ3n) is 7.97. The number of ketones is 2. The normalized spacial score (nSPS) is 17.5. The van der Waals surface area contributed by atoms with E-state index in [1.54, 1.807) is 6.92 Å². The van der Waals surface area contributed by atoms with E-state index < -0.39 is 11.8 Å². The minimum absolute atomic E-state index is 0.00210. The first-order valence-corrected chi connectivity index (χ1v) is 13.2. The number of nitrogens with zero attached hydrogens (tertiary/aromatic N) is 2. The molecule has 39 heavy (non-hydrogen) atoms. The van der Waals surface area contributed by atoms with Crippen molar-refractivity contribution in [2.24, 2.45) is 5.41 Å². The number of rotatable bonds is 6. The van der Waals surface area contributed by atoms with Gasteiger partial charge in [0, 0.05) is 50.2 Å². The average Bonchev–Trinajstić information content (AvgIpc) is 2.85. The van der Waals surface area contributed by atoms with Crippen molar-refractivity contribution in [1.82, 2.24) is 15.2 Å². The van der Waals surface area contributed by atoms with Crippen LogP contribution >= 0.6 is 0 Å². The van der Waals surface area contributed by atoms with Crippen molar-refractivity contribution in [2.45, 2.75) is 65.2 Å². The fourth-order valence-electron chi connectivity index (χ4n) is 5.91. The molecule has 1 aliphatic carbocycles. The molecule has 1 saturated carbocycles. The van der Waals surface area contributed by atoms with E-state index in [4.69, 9.17) is 0 Å². The summed E-state index contributed by atoms with van der Waals surface area (Å²) in [6.07, 6.45) is 3.32. The molecule has 7 heteroatoms. The van der Waals surface area contributed by atoms with Gasteiger partial charge in [-0.3, -0.25) is 14.6 Å². The molecular formula is C32H35F2N3O2. The van der Waals surface area contributed by atoms with Crippen LogP contribution in [0.15, 0.2) is 49.4 Å². The van der Waals surface area contributed by atoms with E-state index in [1.807, 2.05) is 26.0 Å². The van der Waals surface area contributed by atoms with E-state index in [-0.39, 0.29) is 22.5 Å². The van der Waals surface area contributed by atoms with Crippen LogP contribution in [0.5, 0.6) is 0 Å². The van der Waals surface area contributed by atoms with Gasteiger partial charge in [0.1, 0.15) is 17.5 Å². The number of halogens is 2. The van der Waals surface area contributed by atoms with Gasteiger partial charge in [0.2, 0.25) is 0 Å². The second-order valence-electron chi connectivity index (χ2n) is 11.0. The van der Waals surface area contributed by atoms with Crippen LogP contribution in [0.4, 0.5) is 8.78 Å². The maximum atomic E-state index is 13.5. The van der Waals surface area contributed by atoms with Gasteiger partial charge in [0.15, 0.2) is 0 Å². The van der Waals surface area contributed by atoms with Gasteiger partial charge in [0.25, 0.3) is 5.92 Å². The van der Waals surface area contributed by atoms with E-state index in [0.29, 0.717) is 56.0 Å². The fraction of sp³-hybridized carbons (Fsp3) is 0.406. The van der Waals surface area contributed by atoms with E-state index in [0.717, 1.165) is 35.4 Å². The number of aromatic nitrogens is 1. The molecular weight excluding hydrogens is 496 g/mol. The van der Waals surface area contributed by atoms with Gasteiger partial charge in [-0.05, 0) is 80.0 Å². The van der Waals surface area contributed by atoms with Crippen LogP contribution in [0, 0.1) is 31.1 Å². The molecule has 0 unspecified atom stereocenters. The Morgan fingerprint density at radius 3 is 2.18 bits per heavy atom. The number of nitrogens with one attached hydrogen (secondary N) is 1. The Labute approximate surface area is 229 Å². The van der Waals surface area contributed by atoms with Crippen LogP contribution in [0.1, 0.15) is 79.0 Å². The summed E-state index contributed by atoms with van der Waals surface area (Å²) < 4.78 is 27.0. The quantitative estimate of drug-likeness (QED) is 0.365. The maximum absolute atomic E-state index is 13.5. The molecule has 1 aliphatic heterocycles. The molecule has 0 atom stereocenters. The lowest BCUT2D eigenvalue weighted by atomic mass is 9.62. The summed E-state index contributed by atoms with van der Waals surface area (Å²) in [5.74, 6) is 2.91. The standard InChI is InChI=1S/C32H35F2N3O2/c1-7-8-24-15-20(2)29(21(3)16-24)30-27(38)17-32(18-28(30)39)11-13-37(14-12-32)23(5)36-22(4)26-10-9-25(19-35-26)31(6,33)34/h9-10,15-16,19,30,36H,4-5,11-14,17-18H2,1-3,6H3. The van der Waals surface area contributed by atoms with Gasteiger partial charge in [-0.25, -0.2) is 8.78 Å². The van der Waals surface area contributed by atoms with Crippen molar-refractivity contribution < 1.29 is 18.4 Å². The second-order valence-corrected chi connectivity index (χ2v) is 11.0. The van der Waals surface area contributed by atoms with E-state index >= 15 is 0 Å². The Morgan fingerprint density at radius 2 is 1.69 bits per heavy atom. The largest absolute Gasteiger partial charge is 0.359 e. The first-order valence-electron chi connectivity index (χ1n) is 13.2. The minimum Gasteiger partial charge on any atom is -0.359 e. The van der Waals surface area contributed by atoms with E-state index in [9.17, 15) is 18.4 Å². The first kappa shape index (κ1) is 28.2. The Balaban J connectivity index is 1.38. The molecule has 1 aromatic heterocycles. The molecule has 0 radical (unpaired) electrons. The number of hydrogen-bond acceptors (Lipinski definition) is 5. The van der Waals surface area contributed by atoms with Gasteiger partial charge in [0.05, 0.1) is 17.2 Å². The van der Waals surface area contributed by atoms with Crippen molar-refractivity contribution in [3.8, 4) is 11.8 Å². The van der Waals surface area contributed by atoms with Crippen molar-refractivity contribution in [2.75, 3.05) is 13.1 Å². The van der Waals surface area contributed by atoms with E-state index in [2.05, 4.69) is 40.2 Å². The summed E-state index contributed by atoms with van der Waals surface area (Å²) in [5, 5.41) is 3.13. The Bertz CT molecular complexity index is 1340. The predicted molar refractivity (Wildman–Crippen MR) is 149 cm³/mol. The molecule has 2 heterocycles. The van der Waals surface area contributed by atoms with Crippen LogP contribution in [-0.4, -0.2) is 34.5 Å². The van der Waals surface area contributed by atoms with Crippen LogP contribution in [0.3, 0.4) is 0 Å². The smallest absolute Gasteiger partial charge is 0.272 e. The van der Waals surface area contributed by atoms with Gasteiger partial charge in [-0.15, -0.1) is 5.92 Å². The number of likely N-dealkylation sites (tertiary alicyclic amines) is 1. The molecule has 1 spiro atoms. The molecule has 0 amide bonds. The minimum atomic E-state index is -2.96. The first-order chi connectivity index (χ1) is 18.3. The molecule has 5 nitrogen and oxygen atoms in total. The number of piperidine rings is 1. The molecule has 2 fully saturated rings. The highest BCUT2D eigenvalue weighted by atomic mass is 19.3. The Morgan fingerprint density at radius 1 is 1.10 bits per heavy atom. The topological polar surface area (TPSA) is 62.3 Å². The van der Waals surface area contributed by atoms with Gasteiger partial charge >= 0.3 is 0 Å². The zero-order valence-corrected chi connectivity index (χ0v) is 23.1. The lowest BCUT2D eigenvalue weighted by Crippen LogP contribution is -2.47. The SMILES string of the molecule is C=C(NC(=C)N1CCC2(CC1)CC(=O)C(c1c(C)cc(C#CC)cc1C)C(=O)C2)c1ccc(C(C)(F)F)cn1. The Kier molecular flexibility index (Phi) is 7.79. The summed E-state index contributed by atoms with van der Waals surface area (Å²) >= 11 is 0. The highest BCUT2D eigenvalue weighted by molar-refractivity contribution is 6.10. The Hall–Kier alpha value is -3.79. The van der Waals surface area contributed by atoms with Crippen LogP contribution < -0.4 is 5.32 Å². The molecule has 2 aromatic rings. The van der Waals surface area contributed by atoms with Crippen molar-refractivity contribution in [1.29, 1.82) is 0 Å². The summed E-state index contributed by atoms with van der Waals surface area (Å²) in [4.78, 5) is 33.0. The highest BCUT2D eigenvalue weighted by Gasteiger charge is 2.47. The van der Waals surface area contributed by atoms with Gasteiger partial charge in [-0.1, -0.05) is 19.1 Å². The number of pyridine rings is 1. The average molecular weight is 532 g/mol. The molecule has 1 aromatic carbocycles. The number of alkyl halides is 2. The fourth-order valence-corrected chi connectivity index (χ4v) is 5.91.